The summed E-state index contributed by atoms with van der Waals surface area (Å²) >= 11 is 5.01. The fourth-order valence-corrected chi connectivity index (χ4v) is 3.18. The maximum absolute atomic E-state index is 13.0. The third kappa shape index (κ3) is 3.06. The highest BCUT2D eigenvalue weighted by molar-refractivity contribution is 7.79. The predicted octanol–water partition coefficient (Wildman–Crippen LogP) is 2.88. The minimum absolute atomic E-state index is 0.299. The molecule has 0 saturated heterocycles. The second kappa shape index (κ2) is 7.20. The minimum Gasteiger partial charge on any atom is -0.506 e. The Kier molecular flexibility index (Phi) is 4.96. The fraction of sp³-hybridized carbons (Fsp3) is 0.150. The maximum atomic E-state index is 13.0. The molecule has 0 radical (unpaired) electrons. The van der Waals surface area contributed by atoms with E-state index in [-0.39, 0.29) is 11.3 Å². The topological polar surface area (TPSA) is 71.8 Å². The predicted molar refractivity (Wildman–Crippen MR) is 109 cm³/mol. The van der Waals surface area contributed by atoms with Crippen LogP contribution < -0.4 is 15.2 Å². The molecule has 0 atom stereocenters. The van der Waals surface area contributed by atoms with E-state index in [1.165, 1.54) is 14.8 Å². The Morgan fingerprint density at radius 3 is 2.48 bits per heavy atom. The second-order valence-electron chi connectivity index (χ2n) is 6.01. The number of hydrogen-bond donors (Lipinski definition) is 1. The summed E-state index contributed by atoms with van der Waals surface area (Å²) in [6.45, 7) is 0. The van der Waals surface area contributed by atoms with Gasteiger partial charge in [-0.05, 0) is 35.9 Å². The van der Waals surface area contributed by atoms with Gasteiger partial charge in [-0.1, -0.05) is 24.4 Å². The number of methoxy groups -OCH3 is 1. The summed E-state index contributed by atoms with van der Waals surface area (Å²) in [7, 11) is 4.65. The zero-order chi connectivity index (χ0) is 19.7. The SMILES string of the molecule is COc1ccc(N(C)C(=O)c2c(O)c3c(C=S)cccc3n(C)c2=O)cc1. The molecule has 7 heteroatoms. The summed E-state index contributed by atoms with van der Waals surface area (Å²) in [5, 5.41) is 12.6. The van der Waals surface area contributed by atoms with Gasteiger partial charge < -0.3 is 19.3 Å². The average molecular weight is 382 g/mol. The van der Waals surface area contributed by atoms with Gasteiger partial charge in [0, 0.05) is 30.5 Å². The van der Waals surface area contributed by atoms with E-state index in [9.17, 15) is 14.7 Å². The summed E-state index contributed by atoms with van der Waals surface area (Å²) in [5.74, 6) is -0.329. The van der Waals surface area contributed by atoms with E-state index in [0.29, 0.717) is 27.9 Å². The largest absolute Gasteiger partial charge is 0.506 e. The number of pyridine rings is 1. The van der Waals surface area contributed by atoms with Gasteiger partial charge in [0.2, 0.25) is 0 Å². The third-order valence-corrected chi connectivity index (χ3v) is 4.79. The lowest BCUT2D eigenvalue weighted by Crippen LogP contribution is -2.34. The van der Waals surface area contributed by atoms with E-state index in [1.54, 1.807) is 63.7 Å². The van der Waals surface area contributed by atoms with E-state index in [1.807, 2.05) is 0 Å². The van der Waals surface area contributed by atoms with E-state index < -0.39 is 11.5 Å². The molecule has 0 saturated carbocycles. The van der Waals surface area contributed by atoms with Gasteiger partial charge in [0.25, 0.3) is 11.5 Å². The van der Waals surface area contributed by atoms with Crippen molar-refractivity contribution < 1.29 is 14.6 Å². The van der Waals surface area contributed by atoms with Crippen LogP contribution in [0.15, 0.2) is 47.3 Å². The van der Waals surface area contributed by atoms with Crippen LogP contribution in [-0.4, -0.2) is 35.1 Å². The summed E-state index contributed by atoms with van der Waals surface area (Å²) in [5.41, 5.74) is 0.751. The van der Waals surface area contributed by atoms with Crippen molar-refractivity contribution in [2.24, 2.45) is 7.05 Å². The number of aromatic hydroxyl groups is 1. The number of nitrogens with zero attached hydrogens (tertiary/aromatic N) is 2. The van der Waals surface area contributed by atoms with Crippen LogP contribution in [0.25, 0.3) is 10.9 Å². The standard InChI is InChI=1S/C20H18N2O4S/c1-21(13-7-9-14(26-3)10-8-13)19(24)17-18(23)16-12(11-27)5-4-6-15(16)22(2)20(17)25/h4-11,23H,1-3H3. The Hall–Kier alpha value is -3.19. The van der Waals surface area contributed by atoms with E-state index in [4.69, 9.17) is 17.0 Å². The summed E-state index contributed by atoms with van der Waals surface area (Å²) in [6.07, 6.45) is 0. The van der Waals surface area contributed by atoms with Crippen LogP contribution in [-0.2, 0) is 7.05 Å². The molecule has 0 aliphatic rings. The minimum atomic E-state index is -0.612. The molecule has 0 bridgehead atoms. The molecule has 0 aliphatic heterocycles. The lowest BCUT2D eigenvalue weighted by molar-refractivity contribution is 0.0988. The molecule has 6 nitrogen and oxygen atoms in total. The van der Waals surface area contributed by atoms with Gasteiger partial charge in [0.05, 0.1) is 12.6 Å². The average Bonchev–Trinajstić information content (AvgIpc) is 2.71. The first-order valence-corrected chi connectivity index (χ1v) is 8.59. The number of aryl methyl sites for hydroxylation is 1. The summed E-state index contributed by atoms with van der Waals surface area (Å²) < 4.78 is 6.45. The van der Waals surface area contributed by atoms with E-state index in [2.05, 4.69) is 0 Å². The van der Waals surface area contributed by atoms with Crippen molar-refractivity contribution in [3.8, 4) is 11.5 Å². The number of amides is 1. The second-order valence-corrected chi connectivity index (χ2v) is 6.24. The van der Waals surface area contributed by atoms with Crippen molar-refractivity contribution in [3.63, 3.8) is 0 Å². The molecule has 138 valence electrons. The zero-order valence-corrected chi connectivity index (χ0v) is 15.9. The molecule has 0 unspecified atom stereocenters. The first-order valence-electron chi connectivity index (χ1n) is 8.12. The first kappa shape index (κ1) is 18.6. The van der Waals surface area contributed by atoms with Crippen molar-refractivity contribution >= 4 is 40.1 Å². The van der Waals surface area contributed by atoms with Gasteiger partial charge in [-0.2, -0.15) is 0 Å². The normalized spacial score (nSPS) is 10.6. The van der Waals surface area contributed by atoms with Gasteiger partial charge in [-0.25, -0.2) is 0 Å². The van der Waals surface area contributed by atoms with Crippen LogP contribution in [0.2, 0.25) is 0 Å². The fourth-order valence-electron chi connectivity index (χ4n) is 2.98. The summed E-state index contributed by atoms with van der Waals surface area (Å²) in [4.78, 5) is 27.1. The molecular weight excluding hydrogens is 364 g/mol. The van der Waals surface area contributed by atoms with Crippen LogP contribution in [0, 0.1) is 0 Å². The quantitative estimate of drug-likeness (QED) is 0.703. The molecule has 2 aromatic carbocycles. The van der Waals surface area contributed by atoms with Crippen molar-refractivity contribution in [1.29, 1.82) is 0 Å². The highest BCUT2D eigenvalue weighted by Crippen LogP contribution is 2.30. The highest BCUT2D eigenvalue weighted by Gasteiger charge is 2.25. The Labute approximate surface area is 161 Å². The van der Waals surface area contributed by atoms with Gasteiger partial charge in [0.1, 0.15) is 17.1 Å². The van der Waals surface area contributed by atoms with Crippen LogP contribution in [0.4, 0.5) is 5.69 Å². The Morgan fingerprint density at radius 1 is 1.22 bits per heavy atom. The molecular formula is C20H18N2O4S. The maximum Gasteiger partial charge on any atom is 0.267 e. The smallest absolute Gasteiger partial charge is 0.267 e. The highest BCUT2D eigenvalue weighted by atomic mass is 32.1. The molecule has 3 rings (SSSR count). The number of hydrogen-bond acceptors (Lipinski definition) is 5. The van der Waals surface area contributed by atoms with E-state index in [0.717, 1.165) is 0 Å². The lowest BCUT2D eigenvalue weighted by Gasteiger charge is -2.19. The van der Waals surface area contributed by atoms with E-state index >= 15 is 0 Å². The van der Waals surface area contributed by atoms with Gasteiger partial charge in [-0.3, -0.25) is 9.59 Å². The van der Waals surface area contributed by atoms with Crippen molar-refractivity contribution in [2.45, 2.75) is 0 Å². The lowest BCUT2D eigenvalue weighted by atomic mass is 10.0. The molecule has 0 aliphatic carbocycles. The van der Waals surface area contributed by atoms with Gasteiger partial charge in [-0.15, -0.1) is 0 Å². The Balaban J connectivity index is 2.19. The molecule has 27 heavy (non-hydrogen) atoms. The Morgan fingerprint density at radius 2 is 1.89 bits per heavy atom. The van der Waals surface area contributed by atoms with Crippen LogP contribution in [0.3, 0.4) is 0 Å². The van der Waals surface area contributed by atoms with Crippen LogP contribution in [0.5, 0.6) is 11.5 Å². The molecule has 3 aromatic rings. The van der Waals surface area contributed by atoms with Crippen molar-refractivity contribution in [3.05, 3.63) is 63.9 Å². The zero-order valence-electron chi connectivity index (χ0n) is 15.1. The van der Waals surface area contributed by atoms with Gasteiger partial charge >= 0.3 is 0 Å². The molecule has 0 spiro atoms. The molecule has 1 heterocycles. The van der Waals surface area contributed by atoms with Crippen LogP contribution >= 0.6 is 12.2 Å². The molecule has 1 amide bonds. The van der Waals surface area contributed by atoms with Gasteiger partial charge in [0.15, 0.2) is 0 Å². The number of ether oxygens (including phenoxy) is 1. The summed E-state index contributed by atoms with van der Waals surface area (Å²) in [6, 6.07) is 12.0. The number of benzene rings is 2. The third-order valence-electron chi connectivity index (χ3n) is 4.53. The number of rotatable bonds is 4. The molecule has 0 fully saturated rings. The van der Waals surface area contributed by atoms with Crippen LogP contribution in [0.1, 0.15) is 15.9 Å². The molecule has 1 aromatic heterocycles. The van der Waals surface area contributed by atoms with Crippen molar-refractivity contribution in [2.75, 3.05) is 19.1 Å². The number of fused-ring (bicyclic) bond motifs is 1. The number of aromatic nitrogens is 1. The number of anilines is 1. The Bertz CT molecular complexity index is 1100. The first-order chi connectivity index (χ1) is 12.9. The van der Waals surface area contributed by atoms with Crippen molar-refractivity contribution in [1.82, 2.24) is 4.57 Å². The molecule has 1 N–H and O–H groups in total. The number of carbonyl (C=O) groups excluding carboxylic acids is 1. The number of thiocarbonyl (C=S) groups is 1. The number of carbonyl (C=O) groups is 1. The monoisotopic (exact) mass is 382 g/mol.